The minimum Gasteiger partial charge on any atom is -0.480 e. The number of aromatic nitrogens is 2. The van der Waals surface area contributed by atoms with E-state index in [-0.39, 0.29) is 24.2 Å². The van der Waals surface area contributed by atoms with Gasteiger partial charge in [-0.05, 0) is 18.2 Å². The number of carbonyl (C=O) groups is 2. The van der Waals surface area contributed by atoms with Crippen LogP contribution in [0.15, 0.2) is 42.5 Å². The molecule has 4 rings (SSSR count). The molecule has 8 nitrogen and oxygen atoms in total. The molecule has 0 spiro atoms. The summed E-state index contributed by atoms with van der Waals surface area (Å²) in [4.78, 5) is 31.0. The standard InChI is InChI=1S/C20H23N5O3/c1-28-18-8-7-17(21-22-18)23-9-11-24(12-10-23)20(27)15-13-19(26)25(14-15)16-5-3-2-4-6-16/h2-8,15H,9-14H2,1H3/t15-/m0/s1. The van der Waals surface area contributed by atoms with Gasteiger partial charge in [-0.1, -0.05) is 18.2 Å². The lowest BCUT2D eigenvalue weighted by atomic mass is 10.1. The fraction of sp³-hybridized carbons (Fsp3) is 0.400. The largest absolute Gasteiger partial charge is 0.480 e. The van der Waals surface area contributed by atoms with Crippen LogP contribution >= 0.6 is 0 Å². The van der Waals surface area contributed by atoms with Gasteiger partial charge in [0.2, 0.25) is 17.7 Å². The number of carbonyl (C=O) groups excluding carboxylic acids is 2. The number of piperazine rings is 1. The van der Waals surface area contributed by atoms with Gasteiger partial charge in [-0.3, -0.25) is 9.59 Å². The van der Waals surface area contributed by atoms with Crippen molar-refractivity contribution in [3.8, 4) is 5.88 Å². The monoisotopic (exact) mass is 381 g/mol. The first-order valence-corrected chi connectivity index (χ1v) is 9.42. The first kappa shape index (κ1) is 18.2. The Balaban J connectivity index is 1.34. The second-order valence-corrected chi connectivity index (χ2v) is 6.99. The molecule has 2 saturated heterocycles. The number of ether oxygens (including phenoxy) is 1. The molecule has 28 heavy (non-hydrogen) atoms. The molecule has 0 bridgehead atoms. The van der Waals surface area contributed by atoms with E-state index in [4.69, 9.17) is 4.74 Å². The van der Waals surface area contributed by atoms with Crippen LogP contribution in [0, 0.1) is 5.92 Å². The number of para-hydroxylation sites is 1. The number of hydrogen-bond donors (Lipinski definition) is 0. The molecule has 2 fully saturated rings. The van der Waals surface area contributed by atoms with Crippen molar-refractivity contribution in [2.75, 3.05) is 49.6 Å². The lowest BCUT2D eigenvalue weighted by Gasteiger charge is -2.36. The molecule has 2 aliphatic heterocycles. The van der Waals surface area contributed by atoms with Gasteiger partial charge in [0.25, 0.3) is 0 Å². The molecule has 2 aromatic rings. The Hall–Kier alpha value is -3.16. The SMILES string of the molecule is COc1ccc(N2CCN(C(=O)[C@H]3CC(=O)N(c4ccccc4)C3)CC2)nn1. The normalized spacial score (nSPS) is 19.8. The summed E-state index contributed by atoms with van der Waals surface area (Å²) in [5.74, 6) is 1.05. The fourth-order valence-corrected chi connectivity index (χ4v) is 3.74. The summed E-state index contributed by atoms with van der Waals surface area (Å²) < 4.78 is 5.03. The number of anilines is 2. The van der Waals surface area contributed by atoms with Crippen LogP contribution in [0.25, 0.3) is 0 Å². The van der Waals surface area contributed by atoms with Crippen molar-refractivity contribution in [2.45, 2.75) is 6.42 Å². The highest BCUT2D eigenvalue weighted by Gasteiger charge is 2.37. The van der Waals surface area contributed by atoms with E-state index in [9.17, 15) is 9.59 Å². The Morgan fingerprint density at radius 1 is 1.04 bits per heavy atom. The van der Waals surface area contributed by atoms with Crippen LogP contribution in [-0.4, -0.2) is 66.7 Å². The predicted molar refractivity (Wildman–Crippen MR) is 104 cm³/mol. The van der Waals surface area contributed by atoms with Crippen molar-refractivity contribution in [3.05, 3.63) is 42.5 Å². The Morgan fingerprint density at radius 2 is 1.79 bits per heavy atom. The molecule has 0 saturated carbocycles. The quantitative estimate of drug-likeness (QED) is 0.792. The Labute approximate surface area is 163 Å². The summed E-state index contributed by atoms with van der Waals surface area (Å²) >= 11 is 0. The van der Waals surface area contributed by atoms with E-state index < -0.39 is 0 Å². The summed E-state index contributed by atoms with van der Waals surface area (Å²) in [6.45, 7) is 3.06. The van der Waals surface area contributed by atoms with Crippen LogP contribution in [0.4, 0.5) is 11.5 Å². The zero-order valence-corrected chi connectivity index (χ0v) is 15.8. The van der Waals surface area contributed by atoms with Crippen LogP contribution in [0.2, 0.25) is 0 Å². The summed E-state index contributed by atoms with van der Waals surface area (Å²) in [6, 6.07) is 13.2. The predicted octanol–water partition coefficient (Wildman–Crippen LogP) is 1.19. The van der Waals surface area contributed by atoms with Crippen LogP contribution in [0.1, 0.15) is 6.42 Å². The van der Waals surface area contributed by atoms with Gasteiger partial charge < -0.3 is 19.4 Å². The number of rotatable bonds is 4. The maximum Gasteiger partial charge on any atom is 0.233 e. The van der Waals surface area contributed by atoms with E-state index in [1.807, 2.05) is 41.3 Å². The Bertz CT molecular complexity index is 835. The lowest BCUT2D eigenvalue weighted by Crippen LogP contribution is -2.51. The molecule has 0 unspecified atom stereocenters. The molecule has 1 aromatic carbocycles. The summed E-state index contributed by atoms with van der Waals surface area (Å²) in [5, 5.41) is 8.17. The number of nitrogens with zero attached hydrogens (tertiary/aromatic N) is 5. The molecule has 3 heterocycles. The van der Waals surface area contributed by atoms with Crippen LogP contribution in [0.3, 0.4) is 0 Å². The fourth-order valence-electron chi connectivity index (χ4n) is 3.74. The third-order valence-corrected chi connectivity index (χ3v) is 5.29. The zero-order valence-electron chi connectivity index (χ0n) is 15.8. The topological polar surface area (TPSA) is 78.9 Å². The average molecular weight is 381 g/mol. The molecule has 1 aromatic heterocycles. The highest BCUT2D eigenvalue weighted by molar-refractivity contribution is 6.00. The maximum absolute atomic E-state index is 12.9. The number of benzene rings is 1. The minimum absolute atomic E-state index is 0.0108. The first-order valence-electron chi connectivity index (χ1n) is 9.42. The summed E-state index contributed by atoms with van der Waals surface area (Å²) in [6.07, 6.45) is 0.276. The first-order chi connectivity index (χ1) is 13.7. The van der Waals surface area contributed by atoms with Gasteiger partial charge in [0.15, 0.2) is 5.82 Å². The molecule has 2 amide bonds. The number of amides is 2. The molecule has 146 valence electrons. The van der Waals surface area contributed by atoms with E-state index >= 15 is 0 Å². The summed E-state index contributed by atoms with van der Waals surface area (Å²) in [7, 11) is 1.56. The van der Waals surface area contributed by atoms with Gasteiger partial charge in [-0.2, -0.15) is 0 Å². The Kier molecular flexibility index (Phi) is 5.10. The van der Waals surface area contributed by atoms with Gasteiger partial charge in [0, 0.05) is 50.9 Å². The molecule has 0 aliphatic carbocycles. The average Bonchev–Trinajstić information content (AvgIpc) is 3.15. The van der Waals surface area contributed by atoms with E-state index in [2.05, 4.69) is 15.1 Å². The van der Waals surface area contributed by atoms with Crippen LogP contribution < -0.4 is 14.5 Å². The highest BCUT2D eigenvalue weighted by Crippen LogP contribution is 2.26. The molecule has 8 heteroatoms. The second kappa shape index (κ2) is 7.84. The second-order valence-electron chi connectivity index (χ2n) is 6.99. The van der Waals surface area contributed by atoms with Crippen molar-refractivity contribution < 1.29 is 14.3 Å². The van der Waals surface area contributed by atoms with Crippen molar-refractivity contribution in [1.82, 2.24) is 15.1 Å². The van der Waals surface area contributed by atoms with Crippen molar-refractivity contribution in [2.24, 2.45) is 5.92 Å². The van der Waals surface area contributed by atoms with Gasteiger partial charge in [0.1, 0.15) is 0 Å². The van der Waals surface area contributed by atoms with Crippen molar-refractivity contribution in [3.63, 3.8) is 0 Å². The van der Waals surface area contributed by atoms with E-state index in [1.54, 1.807) is 18.1 Å². The molecule has 0 radical (unpaired) electrons. The smallest absolute Gasteiger partial charge is 0.233 e. The van der Waals surface area contributed by atoms with Crippen molar-refractivity contribution >= 4 is 23.3 Å². The molecule has 0 N–H and O–H groups in total. The Morgan fingerprint density at radius 3 is 2.43 bits per heavy atom. The zero-order chi connectivity index (χ0) is 19.5. The van der Waals surface area contributed by atoms with Gasteiger partial charge in [-0.25, -0.2) is 0 Å². The van der Waals surface area contributed by atoms with E-state index in [0.717, 1.165) is 11.5 Å². The summed E-state index contributed by atoms with van der Waals surface area (Å²) in [5.41, 5.74) is 0.852. The molecular formula is C20H23N5O3. The van der Waals surface area contributed by atoms with Crippen LogP contribution in [-0.2, 0) is 9.59 Å². The highest BCUT2D eigenvalue weighted by atomic mass is 16.5. The number of methoxy groups -OCH3 is 1. The van der Waals surface area contributed by atoms with E-state index in [1.165, 1.54) is 0 Å². The lowest BCUT2D eigenvalue weighted by molar-refractivity contribution is -0.136. The maximum atomic E-state index is 12.9. The van der Waals surface area contributed by atoms with E-state index in [0.29, 0.717) is 38.6 Å². The van der Waals surface area contributed by atoms with Gasteiger partial charge >= 0.3 is 0 Å². The third-order valence-electron chi connectivity index (χ3n) is 5.29. The minimum atomic E-state index is -0.278. The molecule has 1 atom stereocenters. The van der Waals surface area contributed by atoms with Crippen LogP contribution in [0.5, 0.6) is 5.88 Å². The van der Waals surface area contributed by atoms with Crippen molar-refractivity contribution in [1.29, 1.82) is 0 Å². The third kappa shape index (κ3) is 3.62. The van der Waals surface area contributed by atoms with Gasteiger partial charge in [0.05, 0.1) is 13.0 Å². The molecular weight excluding hydrogens is 358 g/mol. The van der Waals surface area contributed by atoms with Gasteiger partial charge in [-0.15, -0.1) is 10.2 Å². The molecule has 2 aliphatic rings. The number of hydrogen-bond acceptors (Lipinski definition) is 6.